The molecular formula is C13H16N4O. The summed E-state index contributed by atoms with van der Waals surface area (Å²) in [6.07, 6.45) is 5.95. The quantitative estimate of drug-likeness (QED) is 0.827. The molecule has 1 fully saturated rings. The zero-order chi connectivity index (χ0) is 12.4. The fourth-order valence-electron chi connectivity index (χ4n) is 2.48. The van der Waals surface area contributed by atoms with Crippen LogP contribution < -0.4 is 0 Å². The maximum atomic E-state index is 5.08. The van der Waals surface area contributed by atoms with E-state index >= 15 is 0 Å². The molecule has 1 atom stereocenters. The van der Waals surface area contributed by atoms with Crippen LogP contribution in [0.1, 0.15) is 36.2 Å². The molecule has 0 amide bonds. The zero-order valence-electron chi connectivity index (χ0n) is 10.4. The Balaban J connectivity index is 1.75. The van der Waals surface area contributed by atoms with Gasteiger partial charge in [-0.2, -0.15) is 4.98 Å². The van der Waals surface area contributed by atoms with Gasteiger partial charge in [0.05, 0.1) is 6.04 Å². The Bertz CT molecular complexity index is 511. The summed E-state index contributed by atoms with van der Waals surface area (Å²) >= 11 is 0. The van der Waals surface area contributed by atoms with Crippen LogP contribution >= 0.6 is 0 Å². The molecule has 3 heterocycles. The van der Waals surface area contributed by atoms with Crippen LogP contribution in [-0.4, -0.2) is 26.6 Å². The number of rotatable bonds is 3. The number of hydrogen-bond donors (Lipinski definition) is 0. The van der Waals surface area contributed by atoms with Crippen molar-refractivity contribution in [1.82, 2.24) is 20.0 Å². The van der Waals surface area contributed by atoms with Crippen LogP contribution in [0.4, 0.5) is 0 Å². The molecule has 5 heteroatoms. The van der Waals surface area contributed by atoms with Crippen LogP contribution in [0.5, 0.6) is 0 Å². The lowest BCUT2D eigenvalue weighted by Crippen LogP contribution is -2.23. The number of aryl methyl sites for hydroxylation is 1. The van der Waals surface area contributed by atoms with E-state index < -0.39 is 0 Å². The molecule has 0 bridgehead atoms. The van der Waals surface area contributed by atoms with Gasteiger partial charge in [0.15, 0.2) is 5.82 Å². The van der Waals surface area contributed by atoms with Gasteiger partial charge in [-0.25, -0.2) is 0 Å². The zero-order valence-corrected chi connectivity index (χ0v) is 10.4. The molecule has 5 nitrogen and oxygen atoms in total. The van der Waals surface area contributed by atoms with Gasteiger partial charge in [0, 0.05) is 25.9 Å². The first kappa shape index (κ1) is 11.3. The van der Waals surface area contributed by atoms with Gasteiger partial charge >= 0.3 is 0 Å². The number of pyridine rings is 1. The molecule has 0 aromatic carbocycles. The SMILES string of the molecule is Cc1nc([C@H]2CCCN2Cc2ccncc2)no1. The summed E-state index contributed by atoms with van der Waals surface area (Å²) < 4.78 is 5.08. The highest BCUT2D eigenvalue weighted by Gasteiger charge is 2.29. The molecule has 0 spiro atoms. The molecule has 0 radical (unpaired) electrons. The van der Waals surface area contributed by atoms with Crippen molar-refractivity contribution in [2.45, 2.75) is 32.4 Å². The topological polar surface area (TPSA) is 55.1 Å². The van der Waals surface area contributed by atoms with E-state index in [9.17, 15) is 0 Å². The van der Waals surface area contributed by atoms with E-state index in [1.165, 1.54) is 12.0 Å². The highest BCUT2D eigenvalue weighted by molar-refractivity contribution is 5.11. The van der Waals surface area contributed by atoms with Crippen molar-refractivity contribution >= 4 is 0 Å². The predicted molar refractivity (Wildman–Crippen MR) is 65.7 cm³/mol. The Kier molecular flexibility index (Phi) is 3.06. The molecule has 1 saturated heterocycles. The first-order valence-corrected chi connectivity index (χ1v) is 6.26. The molecule has 2 aromatic rings. The van der Waals surface area contributed by atoms with Gasteiger partial charge in [0.1, 0.15) is 0 Å². The molecular weight excluding hydrogens is 228 g/mol. The first-order valence-electron chi connectivity index (χ1n) is 6.26. The van der Waals surface area contributed by atoms with Crippen molar-refractivity contribution in [3.63, 3.8) is 0 Å². The van der Waals surface area contributed by atoms with Crippen LogP contribution in [0, 0.1) is 6.92 Å². The molecule has 0 saturated carbocycles. The van der Waals surface area contributed by atoms with Crippen LogP contribution in [0.15, 0.2) is 29.0 Å². The second kappa shape index (κ2) is 4.86. The second-order valence-corrected chi connectivity index (χ2v) is 4.66. The number of aromatic nitrogens is 3. The predicted octanol–water partition coefficient (Wildman–Crippen LogP) is 2.11. The van der Waals surface area contributed by atoms with Crippen molar-refractivity contribution in [3.8, 4) is 0 Å². The van der Waals surface area contributed by atoms with Crippen LogP contribution in [0.25, 0.3) is 0 Å². The van der Waals surface area contributed by atoms with E-state index in [1.54, 1.807) is 0 Å². The smallest absolute Gasteiger partial charge is 0.223 e. The average molecular weight is 244 g/mol. The first-order chi connectivity index (χ1) is 8.83. The maximum Gasteiger partial charge on any atom is 0.223 e. The van der Waals surface area contributed by atoms with Gasteiger partial charge in [0.25, 0.3) is 0 Å². The largest absolute Gasteiger partial charge is 0.340 e. The Morgan fingerprint density at radius 2 is 2.22 bits per heavy atom. The summed E-state index contributed by atoms with van der Waals surface area (Å²) in [5, 5.41) is 4.05. The summed E-state index contributed by atoms with van der Waals surface area (Å²) in [6, 6.07) is 4.39. The number of likely N-dealkylation sites (tertiary alicyclic amines) is 1. The lowest BCUT2D eigenvalue weighted by atomic mass is 10.2. The van der Waals surface area contributed by atoms with Crippen LogP contribution in [0.3, 0.4) is 0 Å². The van der Waals surface area contributed by atoms with Gasteiger partial charge < -0.3 is 4.52 Å². The minimum atomic E-state index is 0.288. The summed E-state index contributed by atoms with van der Waals surface area (Å²) in [5.74, 6) is 1.46. The third-order valence-corrected chi connectivity index (χ3v) is 3.34. The van der Waals surface area contributed by atoms with Crippen molar-refractivity contribution in [3.05, 3.63) is 41.8 Å². The van der Waals surface area contributed by atoms with E-state index in [0.29, 0.717) is 5.89 Å². The third kappa shape index (κ3) is 2.26. The van der Waals surface area contributed by atoms with Crippen molar-refractivity contribution < 1.29 is 4.52 Å². The normalized spacial score (nSPS) is 20.4. The molecule has 18 heavy (non-hydrogen) atoms. The van der Waals surface area contributed by atoms with Crippen LogP contribution in [0.2, 0.25) is 0 Å². The standard InChI is InChI=1S/C13H16N4O/c1-10-15-13(16-18-10)12-3-2-8-17(12)9-11-4-6-14-7-5-11/h4-7,12H,2-3,8-9H2,1H3/t12-/m1/s1. The Morgan fingerprint density at radius 3 is 2.94 bits per heavy atom. The van der Waals surface area contributed by atoms with E-state index in [2.05, 4.69) is 32.2 Å². The Labute approximate surface area is 106 Å². The molecule has 2 aromatic heterocycles. The van der Waals surface area contributed by atoms with E-state index in [0.717, 1.165) is 25.3 Å². The molecule has 0 N–H and O–H groups in total. The summed E-state index contributed by atoms with van der Waals surface area (Å²) in [5.41, 5.74) is 1.28. The van der Waals surface area contributed by atoms with Crippen molar-refractivity contribution in [1.29, 1.82) is 0 Å². The molecule has 0 aliphatic carbocycles. The molecule has 94 valence electrons. The summed E-state index contributed by atoms with van der Waals surface area (Å²) in [6.45, 7) is 3.83. The minimum absolute atomic E-state index is 0.288. The van der Waals surface area contributed by atoms with E-state index in [1.807, 2.05) is 19.3 Å². The Hall–Kier alpha value is -1.75. The van der Waals surface area contributed by atoms with E-state index in [4.69, 9.17) is 4.52 Å². The van der Waals surface area contributed by atoms with Crippen molar-refractivity contribution in [2.75, 3.05) is 6.54 Å². The minimum Gasteiger partial charge on any atom is -0.340 e. The van der Waals surface area contributed by atoms with Gasteiger partial charge in [-0.1, -0.05) is 5.16 Å². The highest BCUT2D eigenvalue weighted by atomic mass is 16.5. The lowest BCUT2D eigenvalue weighted by molar-refractivity contribution is 0.234. The fourth-order valence-corrected chi connectivity index (χ4v) is 2.48. The number of nitrogens with zero attached hydrogens (tertiary/aromatic N) is 4. The van der Waals surface area contributed by atoms with Gasteiger partial charge in [-0.05, 0) is 37.1 Å². The Morgan fingerprint density at radius 1 is 1.39 bits per heavy atom. The summed E-state index contributed by atoms with van der Waals surface area (Å²) in [7, 11) is 0. The average Bonchev–Trinajstić information content (AvgIpc) is 2.99. The molecule has 1 aliphatic rings. The highest BCUT2D eigenvalue weighted by Crippen LogP contribution is 2.31. The number of hydrogen-bond acceptors (Lipinski definition) is 5. The van der Waals surface area contributed by atoms with Crippen molar-refractivity contribution in [2.24, 2.45) is 0 Å². The van der Waals surface area contributed by atoms with Crippen LogP contribution in [-0.2, 0) is 6.54 Å². The van der Waals surface area contributed by atoms with Gasteiger partial charge in [-0.15, -0.1) is 0 Å². The summed E-state index contributed by atoms with van der Waals surface area (Å²) in [4.78, 5) is 10.8. The monoisotopic (exact) mass is 244 g/mol. The third-order valence-electron chi connectivity index (χ3n) is 3.34. The maximum absolute atomic E-state index is 5.08. The van der Waals surface area contributed by atoms with Gasteiger partial charge in [-0.3, -0.25) is 9.88 Å². The second-order valence-electron chi connectivity index (χ2n) is 4.66. The van der Waals surface area contributed by atoms with Gasteiger partial charge in [0.2, 0.25) is 5.89 Å². The molecule has 0 unspecified atom stereocenters. The lowest BCUT2D eigenvalue weighted by Gasteiger charge is -2.21. The molecule has 3 rings (SSSR count). The molecule has 1 aliphatic heterocycles. The van der Waals surface area contributed by atoms with E-state index in [-0.39, 0.29) is 6.04 Å². The fraction of sp³-hybridized carbons (Fsp3) is 0.462.